The lowest BCUT2D eigenvalue weighted by atomic mass is 10.1. The van der Waals surface area contributed by atoms with Gasteiger partial charge in [0.1, 0.15) is 11.9 Å². The first-order chi connectivity index (χ1) is 8.29. The molecule has 1 N–H and O–H groups in total. The van der Waals surface area contributed by atoms with Crippen molar-refractivity contribution in [1.29, 1.82) is 0 Å². The maximum Gasteiger partial charge on any atom is 0.122 e. The fourth-order valence-electron chi connectivity index (χ4n) is 1.95. The molecule has 0 aromatic heterocycles. The summed E-state index contributed by atoms with van der Waals surface area (Å²) < 4.78 is 12.4. The Kier molecular flexibility index (Phi) is 4.83. The first-order valence-electron chi connectivity index (χ1n) is 5.97. The maximum atomic E-state index is 5.92. The summed E-state index contributed by atoms with van der Waals surface area (Å²) in [5.74, 6) is 0.925. The third-order valence-corrected chi connectivity index (χ3v) is 3.58. The van der Waals surface area contributed by atoms with E-state index in [9.17, 15) is 0 Å². The van der Waals surface area contributed by atoms with Crippen molar-refractivity contribution in [3.05, 3.63) is 28.2 Å². The zero-order valence-electron chi connectivity index (χ0n) is 10.0. The Morgan fingerprint density at radius 2 is 2.41 bits per heavy atom. The Morgan fingerprint density at radius 3 is 3.12 bits per heavy atom. The van der Waals surface area contributed by atoms with Gasteiger partial charge in [0.25, 0.3) is 0 Å². The van der Waals surface area contributed by atoms with E-state index < -0.39 is 0 Å². The molecule has 0 amide bonds. The summed E-state index contributed by atoms with van der Waals surface area (Å²) in [6, 6.07) is 6.11. The van der Waals surface area contributed by atoms with Crippen LogP contribution in [0.2, 0.25) is 0 Å². The van der Waals surface area contributed by atoms with Gasteiger partial charge >= 0.3 is 0 Å². The average Bonchev–Trinajstić information content (AvgIpc) is 2.35. The van der Waals surface area contributed by atoms with E-state index in [2.05, 4.69) is 27.3 Å². The van der Waals surface area contributed by atoms with Crippen molar-refractivity contribution in [2.75, 3.05) is 20.3 Å². The average molecular weight is 300 g/mol. The van der Waals surface area contributed by atoms with Crippen LogP contribution in [-0.2, 0) is 11.3 Å². The molecule has 2 rings (SSSR count). The van der Waals surface area contributed by atoms with Gasteiger partial charge in [0.15, 0.2) is 0 Å². The van der Waals surface area contributed by atoms with Gasteiger partial charge in [-0.3, -0.25) is 0 Å². The predicted molar refractivity (Wildman–Crippen MR) is 71.4 cm³/mol. The summed E-state index contributed by atoms with van der Waals surface area (Å²) in [7, 11) is 1.94. The molecule has 0 bridgehead atoms. The van der Waals surface area contributed by atoms with E-state index in [1.807, 2.05) is 19.2 Å². The van der Waals surface area contributed by atoms with Crippen molar-refractivity contribution in [1.82, 2.24) is 5.32 Å². The number of rotatable bonds is 4. The molecule has 1 heterocycles. The van der Waals surface area contributed by atoms with Crippen LogP contribution in [0.25, 0.3) is 0 Å². The molecule has 1 unspecified atom stereocenters. The highest BCUT2D eigenvalue weighted by Gasteiger charge is 2.15. The summed E-state index contributed by atoms with van der Waals surface area (Å²) in [4.78, 5) is 0. The van der Waals surface area contributed by atoms with E-state index in [1.54, 1.807) is 0 Å². The molecule has 3 nitrogen and oxygen atoms in total. The zero-order valence-corrected chi connectivity index (χ0v) is 11.6. The smallest absolute Gasteiger partial charge is 0.122 e. The molecule has 4 heteroatoms. The summed E-state index contributed by atoms with van der Waals surface area (Å²) in [6.07, 6.45) is 2.37. The Labute approximate surface area is 111 Å². The van der Waals surface area contributed by atoms with Gasteiger partial charge < -0.3 is 14.8 Å². The molecule has 1 atom stereocenters. The van der Waals surface area contributed by atoms with E-state index in [0.717, 1.165) is 36.2 Å². The van der Waals surface area contributed by atoms with Crippen molar-refractivity contribution < 1.29 is 9.47 Å². The van der Waals surface area contributed by atoms with Crippen LogP contribution in [0.4, 0.5) is 0 Å². The third kappa shape index (κ3) is 3.69. The molecule has 1 aliphatic rings. The van der Waals surface area contributed by atoms with Crippen LogP contribution in [0.1, 0.15) is 18.4 Å². The molecular weight excluding hydrogens is 282 g/mol. The highest BCUT2D eigenvalue weighted by atomic mass is 79.9. The quantitative estimate of drug-likeness (QED) is 0.927. The lowest BCUT2D eigenvalue weighted by molar-refractivity contribution is 0.00739. The number of hydrogen-bond acceptors (Lipinski definition) is 3. The van der Waals surface area contributed by atoms with Gasteiger partial charge in [-0.15, -0.1) is 0 Å². The standard InChI is InChI=1S/C13H18BrNO2/c1-15-8-10-7-11(4-5-13(10)14)17-12-3-2-6-16-9-12/h4-5,7,12,15H,2-3,6,8-9H2,1H3. The van der Waals surface area contributed by atoms with Crippen LogP contribution in [0.15, 0.2) is 22.7 Å². The molecule has 17 heavy (non-hydrogen) atoms. The third-order valence-electron chi connectivity index (χ3n) is 2.81. The normalized spacial score (nSPS) is 20.2. The maximum absolute atomic E-state index is 5.92. The molecule has 94 valence electrons. The van der Waals surface area contributed by atoms with Gasteiger partial charge in [0.2, 0.25) is 0 Å². The van der Waals surface area contributed by atoms with Gasteiger partial charge in [-0.1, -0.05) is 15.9 Å². The Morgan fingerprint density at radius 1 is 1.53 bits per heavy atom. The largest absolute Gasteiger partial charge is 0.488 e. The molecule has 0 spiro atoms. The first-order valence-corrected chi connectivity index (χ1v) is 6.76. The molecule has 0 saturated carbocycles. The topological polar surface area (TPSA) is 30.5 Å². The van der Waals surface area contributed by atoms with Gasteiger partial charge in [0, 0.05) is 17.6 Å². The number of ether oxygens (including phenoxy) is 2. The second-order valence-corrected chi connectivity index (χ2v) is 5.09. The minimum atomic E-state index is 0.201. The number of halogens is 1. The molecular formula is C13H18BrNO2. The Hall–Kier alpha value is -0.580. The zero-order chi connectivity index (χ0) is 12.1. The van der Waals surface area contributed by atoms with Gasteiger partial charge in [0.05, 0.1) is 6.61 Å². The monoisotopic (exact) mass is 299 g/mol. The van der Waals surface area contributed by atoms with Crippen LogP contribution in [0, 0.1) is 0 Å². The van der Waals surface area contributed by atoms with Crippen LogP contribution in [0.5, 0.6) is 5.75 Å². The highest BCUT2D eigenvalue weighted by Crippen LogP contribution is 2.24. The van der Waals surface area contributed by atoms with E-state index in [0.29, 0.717) is 6.61 Å². The van der Waals surface area contributed by atoms with Gasteiger partial charge in [-0.2, -0.15) is 0 Å². The fraction of sp³-hybridized carbons (Fsp3) is 0.538. The molecule has 1 saturated heterocycles. The van der Waals surface area contributed by atoms with Crippen molar-refractivity contribution in [2.45, 2.75) is 25.5 Å². The summed E-state index contributed by atoms with van der Waals surface area (Å²) in [6.45, 7) is 2.40. The number of nitrogens with one attached hydrogen (secondary N) is 1. The summed E-state index contributed by atoms with van der Waals surface area (Å²) in [5, 5.41) is 3.15. The van der Waals surface area contributed by atoms with Crippen LogP contribution < -0.4 is 10.1 Å². The molecule has 1 aromatic carbocycles. The molecule has 1 aromatic rings. The predicted octanol–water partition coefficient (Wildman–Crippen LogP) is 2.73. The van der Waals surface area contributed by atoms with Crippen LogP contribution in [0.3, 0.4) is 0 Å². The molecule has 0 radical (unpaired) electrons. The highest BCUT2D eigenvalue weighted by molar-refractivity contribution is 9.10. The van der Waals surface area contributed by atoms with Crippen molar-refractivity contribution in [3.63, 3.8) is 0 Å². The van der Waals surface area contributed by atoms with Crippen molar-refractivity contribution in [3.8, 4) is 5.75 Å². The molecule has 1 fully saturated rings. The van der Waals surface area contributed by atoms with E-state index in [1.165, 1.54) is 5.56 Å². The summed E-state index contributed by atoms with van der Waals surface area (Å²) in [5.41, 5.74) is 1.21. The Bertz CT molecular complexity index is 364. The second-order valence-electron chi connectivity index (χ2n) is 4.24. The number of hydrogen-bond donors (Lipinski definition) is 1. The van der Waals surface area contributed by atoms with Gasteiger partial charge in [-0.25, -0.2) is 0 Å². The molecule has 0 aliphatic carbocycles. The number of benzene rings is 1. The minimum Gasteiger partial charge on any atom is -0.488 e. The minimum absolute atomic E-state index is 0.201. The first kappa shape index (κ1) is 12.9. The molecule has 1 aliphatic heterocycles. The summed E-state index contributed by atoms with van der Waals surface area (Å²) >= 11 is 3.54. The van der Waals surface area contributed by atoms with E-state index in [-0.39, 0.29) is 6.10 Å². The van der Waals surface area contributed by atoms with Crippen molar-refractivity contribution in [2.24, 2.45) is 0 Å². The van der Waals surface area contributed by atoms with Crippen molar-refractivity contribution >= 4 is 15.9 Å². The van der Waals surface area contributed by atoms with Crippen LogP contribution >= 0.6 is 15.9 Å². The van der Waals surface area contributed by atoms with E-state index in [4.69, 9.17) is 9.47 Å². The SMILES string of the molecule is CNCc1cc(OC2CCCOC2)ccc1Br. The lowest BCUT2D eigenvalue weighted by Gasteiger charge is -2.23. The lowest BCUT2D eigenvalue weighted by Crippen LogP contribution is -2.28. The van der Waals surface area contributed by atoms with Gasteiger partial charge in [-0.05, 0) is 43.7 Å². The van der Waals surface area contributed by atoms with Crippen LogP contribution in [-0.4, -0.2) is 26.4 Å². The Balaban J connectivity index is 2.02. The fourth-order valence-corrected chi connectivity index (χ4v) is 2.33. The second kappa shape index (κ2) is 6.38. The van der Waals surface area contributed by atoms with E-state index >= 15 is 0 Å².